The van der Waals surface area contributed by atoms with E-state index in [1.165, 1.54) is 5.56 Å². The first kappa shape index (κ1) is 12.5. The lowest BCUT2D eigenvalue weighted by Gasteiger charge is -2.19. The molecular weight excluding hydrogens is 204 g/mol. The fourth-order valence-corrected chi connectivity index (χ4v) is 1.48. The van der Waals surface area contributed by atoms with Crippen molar-refractivity contribution in [1.29, 1.82) is 0 Å². The van der Waals surface area contributed by atoms with E-state index in [-0.39, 0.29) is 12.1 Å². The molecule has 0 spiro atoms. The summed E-state index contributed by atoms with van der Waals surface area (Å²) in [6, 6.07) is 9.86. The molecule has 88 valence electrons. The highest BCUT2D eigenvalue weighted by molar-refractivity contribution is 5.64. The van der Waals surface area contributed by atoms with Crippen molar-refractivity contribution in [3.05, 3.63) is 35.9 Å². The van der Waals surface area contributed by atoms with Gasteiger partial charge < -0.3 is 16.2 Å². The molecule has 1 rings (SSSR count). The molecule has 4 N–H and O–H groups in total. The molecule has 1 aromatic rings. The third kappa shape index (κ3) is 4.31. The number of ether oxygens (including phenoxy) is 1. The minimum Gasteiger partial charge on any atom is -0.445 e. The van der Waals surface area contributed by atoms with Crippen LogP contribution < -0.4 is 11.5 Å². The molecule has 1 amide bonds. The number of benzene rings is 1. The monoisotopic (exact) mass is 222 g/mol. The molecule has 0 aliphatic rings. The Morgan fingerprint density at radius 3 is 2.56 bits per heavy atom. The van der Waals surface area contributed by atoms with Crippen molar-refractivity contribution in [2.24, 2.45) is 11.5 Å². The maximum Gasteiger partial charge on any atom is 0.404 e. The number of nitrogens with two attached hydrogens (primary N) is 2. The van der Waals surface area contributed by atoms with Gasteiger partial charge in [0.05, 0.1) is 0 Å². The molecule has 2 atom stereocenters. The van der Waals surface area contributed by atoms with E-state index in [4.69, 9.17) is 16.2 Å². The maximum atomic E-state index is 10.5. The van der Waals surface area contributed by atoms with Crippen LogP contribution in [0.25, 0.3) is 0 Å². The van der Waals surface area contributed by atoms with E-state index in [9.17, 15) is 4.79 Å². The zero-order valence-corrected chi connectivity index (χ0v) is 9.43. The van der Waals surface area contributed by atoms with Gasteiger partial charge in [-0.3, -0.25) is 0 Å². The molecule has 4 heteroatoms. The van der Waals surface area contributed by atoms with Gasteiger partial charge >= 0.3 is 6.09 Å². The molecular formula is C12H18N2O2. The molecule has 1 unspecified atom stereocenters. The Morgan fingerprint density at radius 1 is 1.38 bits per heavy atom. The highest BCUT2D eigenvalue weighted by Crippen LogP contribution is 2.07. The molecule has 1 aromatic carbocycles. The first-order chi connectivity index (χ1) is 7.59. The van der Waals surface area contributed by atoms with Crippen molar-refractivity contribution in [2.45, 2.75) is 31.9 Å². The Bertz CT molecular complexity index is 327. The highest BCUT2D eigenvalue weighted by atomic mass is 16.6. The summed E-state index contributed by atoms with van der Waals surface area (Å²) in [5.41, 5.74) is 12.0. The van der Waals surface area contributed by atoms with Crippen LogP contribution in [-0.2, 0) is 11.2 Å². The van der Waals surface area contributed by atoms with E-state index < -0.39 is 6.09 Å². The number of hydrogen-bond donors (Lipinski definition) is 2. The van der Waals surface area contributed by atoms with Gasteiger partial charge in [-0.25, -0.2) is 4.79 Å². The van der Waals surface area contributed by atoms with Crippen LogP contribution in [0.3, 0.4) is 0 Å². The SMILES string of the molecule is C[C@H](OC(N)=O)C(N)CCc1ccccc1. The van der Waals surface area contributed by atoms with Crippen LogP contribution in [0.5, 0.6) is 0 Å². The Hall–Kier alpha value is -1.55. The predicted octanol–water partition coefficient (Wildman–Crippen LogP) is 1.43. The Labute approximate surface area is 95.6 Å². The van der Waals surface area contributed by atoms with Gasteiger partial charge in [0.15, 0.2) is 0 Å². The first-order valence-corrected chi connectivity index (χ1v) is 5.35. The van der Waals surface area contributed by atoms with Crippen LogP contribution in [0, 0.1) is 0 Å². The molecule has 4 nitrogen and oxygen atoms in total. The zero-order valence-electron chi connectivity index (χ0n) is 9.43. The molecule has 0 aliphatic heterocycles. The largest absolute Gasteiger partial charge is 0.445 e. The third-order valence-electron chi connectivity index (χ3n) is 2.51. The summed E-state index contributed by atoms with van der Waals surface area (Å²) < 4.78 is 4.81. The molecule has 0 saturated heterocycles. The normalized spacial score (nSPS) is 14.1. The predicted molar refractivity (Wildman–Crippen MR) is 62.9 cm³/mol. The molecule has 16 heavy (non-hydrogen) atoms. The fourth-order valence-electron chi connectivity index (χ4n) is 1.48. The molecule has 0 radical (unpaired) electrons. The first-order valence-electron chi connectivity index (χ1n) is 5.35. The second kappa shape index (κ2) is 6.12. The summed E-state index contributed by atoms with van der Waals surface area (Å²) in [7, 11) is 0. The fraction of sp³-hybridized carbons (Fsp3) is 0.417. The van der Waals surface area contributed by atoms with Gasteiger partial charge in [0, 0.05) is 6.04 Å². The Morgan fingerprint density at radius 2 is 2.00 bits per heavy atom. The molecule has 0 aromatic heterocycles. The van der Waals surface area contributed by atoms with E-state index in [1.54, 1.807) is 6.92 Å². The number of amides is 1. The van der Waals surface area contributed by atoms with Crippen LogP contribution >= 0.6 is 0 Å². The average Bonchev–Trinajstić information content (AvgIpc) is 2.26. The van der Waals surface area contributed by atoms with Crippen LogP contribution in [0.4, 0.5) is 4.79 Å². The standard InChI is InChI=1S/C12H18N2O2/c1-9(16-12(14)15)11(13)8-7-10-5-3-2-4-6-10/h2-6,9,11H,7-8,13H2,1H3,(H2,14,15)/t9-,11?/m0/s1. The number of primary amides is 1. The minimum atomic E-state index is -0.775. The lowest BCUT2D eigenvalue weighted by Crippen LogP contribution is -2.37. The Kier molecular flexibility index (Phi) is 4.79. The molecule has 0 aliphatic carbocycles. The number of rotatable bonds is 5. The van der Waals surface area contributed by atoms with E-state index in [0.717, 1.165) is 12.8 Å². The van der Waals surface area contributed by atoms with E-state index in [1.807, 2.05) is 30.3 Å². The second-order valence-electron chi connectivity index (χ2n) is 3.83. The summed E-state index contributed by atoms with van der Waals surface area (Å²) in [6.07, 6.45) is 0.510. The van der Waals surface area contributed by atoms with Gasteiger partial charge in [-0.2, -0.15) is 0 Å². The van der Waals surface area contributed by atoms with Crippen molar-refractivity contribution in [1.82, 2.24) is 0 Å². The van der Waals surface area contributed by atoms with Gasteiger partial charge in [-0.1, -0.05) is 30.3 Å². The number of carbonyl (C=O) groups excluding carboxylic acids is 1. The topological polar surface area (TPSA) is 78.3 Å². The van der Waals surface area contributed by atoms with Crippen LogP contribution in [0.1, 0.15) is 18.9 Å². The molecule has 0 fully saturated rings. The quantitative estimate of drug-likeness (QED) is 0.791. The number of aryl methyl sites for hydroxylation is 1. The highest BCUT2D eigenvalue weighted by Gasteiger charge is 2.15. The third-order valence-corrected chi connectivity index (χ3v) is 2.51. The van der Waals surface area contributed by atoms with Crippen molar-refractivity contribution in [3.8, 4) is 0 Å². The maximum absolute atomic E-state index is 10.5. The average molecular weight is 222 g/mol. The van der Waals surface area contributed by atoms with Gasteiger partial charge in [0.25, 0.3) is 0 Å². The van der Waals surface area contributed by atoms with Gasteiger partial charge in [0.2, 0.25) is 0 Å². The van der Waals surface area contributed by atoms with Crippen molar-refractivity contribution in [2.75, 3.05) is 0 Å². The van der Waals surface area contributed by atoms with Crippen LogP contribution in [0.15, 0.2) is 30.3 Å². The minimum absolute atomic E-state index is 0.187. The van der Waals surface area contributed by atoms with Gasteiger partial charge in [-0.05, 0) is 25.3 Å². The smallest absolute Gasteiger partial charge is 0.404 e. The Balaban J connectivity index is 2.35. The van der Waals surface area contributed by atoms with Crippen molar-refractivity contribution >= 4 is 6.09 Å². The van der Waals surface area contributed by atoms with E-state index >= 15 is 0 Å². The summed E-state index contributed by atoms with van der Waals surface area (Å²) in [4.78, 5) is 10.5. The van der Waals surface area contributed by atoms with Crippen molar-refractivity contribution < 1.29 is 9.53 Å². The number of carbonyl (C=O) groups is 1. The van der Waals surface area contributed by atoms with Crippen LogP contribution in [0.2, 0.25) is 0 Å². The van der Waals surface area contributed by atoms with E-state index in [0.29, 0.717) is 0 Å². The lowest BCUT2D eigenvalue weighted by molar-refractivity contribution is 0.0991. The molecule has 0 saturated carbocycles. The van der Waals surface area contributed by atoms with Crippen molar-refractivity contribution in [3.63, 3.8) is 0 Å². The zero-order chi connectivity index (χ0) is 12.0. The number of hydrogen-bond acceptors (Lipinski definition) is 3. The summed E-state index contributed by atoms with van der Waals surface area (Å²) >= 11 is 0. The van der Waals surface area contributed by atoms with Gasteiger partial charge in [-0.15, -0.1) is 0 Å². The summed E-state index contributed by atoms with van der Waals surface area (Å²) in [5, 5.41) is 0. The molecule has 0 heterocycles. The van der Waals surface area contributed by atoms with E-state index in [2.05, 4.69) is 0 Å². The summed E-state index contributed by atoms with van der Waals surface area (Å²) in [6.45, 7) is 1.75. The summed E-state index contributed by atoms with van der Waals surface area (Å²) in [5.74, 6) is 0. The van der Waals surface area contributed by atoms with Crippen LogP contribution in [-0.4, -0.2) is 18.2 Å². The molecule has 0 bridgehead atoms. The van der Waals surface area contributed by atoms with Gasteiger partial charge in [0.1, 0.15) is 6.10 Å². The lowest BCUT2D eigenvalue weighted by atomic mass is 10.0. The second-order valence-corrected chi connectivity index (χ2v) is 3.83.